The van der Waals surface area contributed by atoms with Gasteiger partial charge in [-0.15, -0.1) is 0 Å². The molecule has 0 aliphatic rings. The predicted octanol–water partition coefficient (Wildman–Crippen LogP) is 5.01. The van der Waals surface area contributed by atoms with Gasteiger partial charge in [-0.1, -0.05) is 71.9 Å². The van der Waals surface area contributed by atoms with Crippen LogP contribution in [0.2, 0.25) is 0 Å². The van der Waals surface area contributed by atoms with Crippen molar-refractivity contribution in [1.82, 2.24) is 10.5 Å². The third-order valence-corrected chi connectivity index (χ3v) is 4.58. The lowest BCUT2D eigenvalue weighted by Gasteiger charge is -2.03. The highest BCUT2D eigenvalue weighted by Gasteiger charge is 2.09. The summed E-state index contributed by atoms with van der Waals surface area (Å²) in [5, 5.41) is 6.83. The average Bonchev–Trinajstić information content (AvgIpc) is 3.24. The fourth-order valence-corrected chi connectivity index (χ4v) is 3.03. The van der Waals surface area contributed by atoms with Crippen LogP contribution in [0.4, 0.5) is 4.39 Å². The molecule has 3 aromatic carbocycles. The number of nitrogens with one attached hydrogen (secondary N) is 1. The Labute approximate surface area is 168 Å². The van der Waals surface area contributed by atoms with Crippen molar-refractivity contribution in [2.75, 3.05) is 0 Å². The number of benzene rings is 3. The van der Waals surface area contributed by atoms with Gasteiger partial charge < -0.3 is 9.84 Å². The van der Waals surface area contributed by atoms with Gasteiger partial charge in [-0.3, -0.25) is 4.79 Å². The molecule has 0 radical (unpaired) electrons. The molecule has 1 heterocycles. The monoisotopic (exact) mass is 386 g/mol. The number of hydrogen-bond acceptors (Lipinski definition) is 3. The zero-order chi connectivity index (χ0) is 20.1. The number of halogens is 1. The standard InChI is InChI=1S/C24H19FN2O2/c25-21-12-6-17(7-13-21)14-24(28)26-16-22-15-23(29-27-22)20-10-8-19(9-11-20)18-4-2-1-3-5-18/h1-13,15H,14,16H2,(H,26,28). The first-order valence-electron chi connectivity index (χ1n) is 9.30. The van der Waals surface area contributed by atoms with Gasteiger partial charge in [-0.2, -0.15) is 0 Å². The molecular weight excluding hydrogens is 367 g/mol. The summed E-state index contributed by atoms with van der Waals surface area (Å²) in [4.78, 5) is 12.1. The maximum absolute atomic E-state index is 12.9. The molecule has 0 atom stereocenters. The SMILES string of the molecule is O=C(Cc1ccc(F)cc1)NCc1cc(-c2ccc(-c3ccccc3)cc2)on1. The first kappa shape index (κ1) is 18.6. The maximum atomic E-state index is 12.9. The lowest BCUT2D eigenvalue weighted by molar-refractivity contribution is -0.120. The van der Waals surface area contributed by atoms with Crippen molar-refractivity contribution in [2.45, 2.75) is 13.0 Å². The highest BCUT2D eigenvalue weighted by molar-refractivity contribution is 5.78. The van der Waals surface area contributed by atoms with Crippen molar-refractivity contribution in [3.05, 3.63) is 102 Å². The third-order valence-electron chi connectivity index (χ3n) is 4.58. The van der Waals surface area contributed by atoms with E-state index in [1.54, 1.807) is 12.1 Å². The Hall–Kier alpha value is -3.73. The van der Waals surface area contributed by atoms with Crippen LogP contribution in [0.3, 0.4) is 0 Å². The van der Waals surface area contributed by atoms with Gasteiger partial charge >= 0.3 is 0 Å². The van der Waals surface area contributed by atoms with E-state index < -0.39 is 0 Å². The van der Waals surface area contributed by atoms with Crippen molar-refractivity contribution < 1.29 is 13.7 Å². The molecule has 1 amide bonds. The first-order valence-corrected chi connectivity index (χ1v) is 9.30. The number of nitrogens with zero attached hydrogens (tertiary/aromatic N) is 1. The molecule has 0 saturated heterocycles. The molecule has 0 aliphatic heterocycles. The quantitative estimate of drug-likeness (QED) is 0.507. The van der Waals surface area contributed by atoms with Crippen LogP contribution in [-0.2, 0) is 17.8 Å². The smallest absolute Gasteiger partial charge is 0.224 e. The van der Waals surface area contributed by atoms with Crippen molar-refractivity contribution in [2.24, 2.45) is 0 Å². The third kappa shape index (κ3) is 4.76. The van der Waals surface area contributed by atoms with Crippen LogP contribution in [-0.4, -0.2) is 11.1 Å². The average molecular weight is 386 g/mol. The van der Waals surface area contributed by atoms with Crippen LogP contribution in [0.5, 0.6) is 0 Å². The molecule has 4 rings (SSSR count). The van der Waals surface area contributed by atoms with Crippen molar-refractivity contribution in [1.29, 1.82) is 0 Å². The Morgan fingerprint density at radius 1 is 0.862 bits per heavy atom. The number of hydrogen-bond donors (Lipinski definition) is 1. The molecule has 1 aromatic heterocycles. The highest BCUT2D eigenvalue weighted by Crippen LogP contribution is 2.25. The van der Waals surface area contributed by atoms with Crippen LogP contribution in [0.1, 0.15) is 11.3 Å². The minimum Gasteiger partial charge on any atom is -0.356 e. The summed E-state index contributed by atoms with van der Waals surface area (Å²) in [6, 6.07) is 25.9. The second kappa shape index (κ2) is 8.52. The Bertz CT molecular complexity index is 1090. The normalized spacial score (nSPS) is 10.7. The summed E-state index contributed by atoms with van der Waals surface area (Å²) in [5.74, 6) is 0.168. The summed E-state index contributed by atoms with van der Waals surface area (Å²) in [6.07, 6.45) is 0.186. The molecule has 0 fully saturated rings. The van der Waals surface area contributed by atoms with Gasteiger partial charge in [-0.05, 0) is 28.8 Å². The Kier molecular flexibility index (Phi) is 5.47. The fraction of sp³-hybridized carbons (Fsp3) is 0.0833. The van der Waals surface area contributed by atoms with E-state index in [2.05, 4.69) is 22.6 Å². The molecule has 0 unspecified atom stereocenters. The van der Waals surface area contributed by atoms with E-state index in [1.165, 1.54) is 12.1 Å². The number of rotatable bonds is 6. The predicted molar refractivity (Wildman–Crippen MR) is 109 cm³/mol. The van der Waals surface area contributed by atoms with Gasteiger partial charge in [0.05, 0.1) is 13.0 Å². The van der Waals surface area contributed by atoms with Crippen LogP contribution < -0.4 is 5.32 Å². The second-order valence-electron chi connectivity index (χ2n) is 6.71. The molecule has 5 heteroatoms. The van der Waals surface area contributed by atoms with Gasteiger partial charge in [-0.25, -0.2) is 4.39 Å². The number of aromatic nitrogens is 1. The Morgan fingerprint density at radius 3 is 2.24 bits per heavy atom. The zero-order valence-electron chi connectivity index (χ0n) is 15.6. The van der Waals surface area contributed by atoms with Gasteiger partial charge in [0.1, 0.15) is 11.5 Å². The lowest BCUT2D eigenvalue weighted by Crippen LogP contribution is -2.24. The maximum Gasteiger partial charge on any atom is 0.224 e. The Morgan fingerprint density at radius 2 is 1.52 bits per heavy atom. The van der Waals surface area contributed by atoms with Crippen molar-refractivity contribution >= 4 is 5.91 Å². The fourth-order valence-electron chi connectivity index (χ4n) is 3.03. The molecular formula is C24H19FN2O2. The second-order valence-corrected chi connectivity index (χ2v) is 6.71. The van der Waals surface area contributed by atoms with E-state index in [-0.39, 0.29) is 24.7 Å². The van der Waals surface area contributed by atoms with E-state index in [1.807, 2.05) is 48.5 Å². The summed E-state index contributed by atoms with van der Waals surface area (Å²) in [5.41, 5.74) is 4.59. The molecule has 1 N–H and O–H groups in total. The van der Waals surface area contributed by atoms with E-state index in [0.29, 0.717) is 11.5 Å². The van der Waals surface area contributed by atoms with Crippen molar-refractivity contribution in [3.63, 3.8) is 0 Å². The first-order chi connectivity index (χ1) is 14.2. The summed E-state index contributed by atoms with van der Waals surface area (Å²) < 4.78 is 18.3. The van der Waals surface area contributed by atoms with Gasteiger partial charge in [0.2, 0.25) is 5.91 Å². The summed E-state index contributed by atoms with van der Waals surface area (Å²) in [7, 11) is 0. The Balaban J connectivity index is 1.35. The highest BCUT2D eigenvalue weighted by atomic mass is 19.1. The molecule has 29 heavy (non-hydrogen) atoms. The molecule has 0 spiro atoms. The van der Waals surface area contributed by atoms with Crippen LogP contribution in [0.25, 0.3) is 22.5 Å². The molecule has 0 bridgehead atoms. The number of carbonyl (C=O) groups is 1. The number of carbonyl (C=O) groups excluding carboxylic acids is 1. The van der Waals surface area contributed by atoms with Crippen LogP contribution >= 0.6 is 0 Å². The molecule has 0 aliphatic carbocycles. The molecule has 144 valence electrons. The van der Waals surface area contributed by atoms with E-state index in [0.717, 1.165) is 22.3 Å². The zero-order valence-corrected chi connectivity index (χ0v) is 15.6. The van der Waals surface area contributed by atoms with Gasteiger partial charge in [0, 0.05) is 11.6 Å². The lowest BCUT2D eigenvalue weighted by atomic mass is 10.0. The molecule has 4 aromatic rings. The summed E-state index contributed by atoms with van der Waals surface area (Å²) >= 11 is 0. The van der Waals surface area contributed by atoms with Gasteiger partial charge in [0.25, 0.3) is 0 Å². The van der Waals surface area contributed by atoms with Gasteiger partial charge in [0.15, 0.2) is 5.76 Å². The largest absolute Gasteiger partial charge is 0.356 e. The molecule has 4 nitrogen and oxygen atoms in total. The summed E-state index contributed by atoms with van der Waals surface area (Å²) in [6.45, 7) is 0.269. The van der Waals surface area contributed by atoms with E-state index in [9.17, 15) is 9.18 Å². The van der Waals surface area contributed by atoms with E-state index in [4.69, 9.17) is 4.52 Å². The van der Waals surface area contributed by atoms with Crippen LogP contribution in [0, 0.1) is 5.82 Å². The van der Waals surface area contributed by atoms with Crippen LogP contribution in [0.15, 0.2) is 89.5 Å². The molecule has 0 saturated carbocycles. The number of amides is 1. The van der Waals surface area contributed by atoms with E-state index >= 15 is 0 Å². The topological polar surface area (TPSA) is 55.1 Å². The minimum absolute atomic E-state index is 0.159. The van der Waals surface area contributed by atoms with Crippen molar-refractivity contribution in [3.8, 4) is 22.5 Å². The minimum atomic E-state index is -0.318.